The molecule has 3 rings (SSSR count). The van der Waals surface area contributed by atoms with E-state index in [1.54, 1.807) is 12.1 Å². The second-order valence-corrected chi connectivity index (χ2v) is 5.64. The minimum absolute atomic E-state index is 0.00332. The van der Waals surface area contributed by atoms with Crippen LogP contribution in [0.3, 0.4) is 0 Å². The summed E-state index contributed by atoms with van der Waals surface area (Å²) >= 11 is 0. The van der Waals surface area contributed by atoms with Gasteiger partial charge in [-0.2, -0.15) is 0 Å². The van der Waals surface area contributed by atoms with Gasteiger partial charge in [0.05, 0.1) is 29.3 Å². The maximum absolute atomic E-state index is 12.1. The van der Waals surface area contributed by atoms with Crippen molar-refractivity contribution >= 4 is 11.6 Å². The molecule has 0 spiro atoms. The first-order valence-corrected chi connectivity index (χ1v) is 7.98. The molecule has 0 aliphatic heterocycles. The molecular formula is C19H16N4O3. The zero-order valence-corrected chi connectivity index (χ0v) is 13.8. The topological polar surface area (TPSA) is 98.0 Å². The van der Waals surface area contributed by atoms with Gasteiger partial charge in [-0.1, -0.05) is 42.5 Å². The number of carbonyl (C=O) groups is 1. The van der Waals surface area contributed by atoms with Gasteiger partial charge in [0.25, 0.3) is 5.69 Å². The molecule has 0 aliphatic carbocycles. The van der Waals surface area contributed by atoms with Gasteiger partial charge in [-0.25, -0.2) is 9.97 Å². The second-order valence-electron chi connectivity index (χ2n) is 5.64. The smallest absolute Gasteiger partial charge is 0.269 e. The fourth-order valence-electron chi connectivity index (χ4n) is 2.43. The molecule has 130 valence electrons. The Balaban J connectivity index is 1.58. The lowest BCUT2D eigenvalue weighted by atomic mass is 10.1. The van der Waals surface area contributed by atoms with Gasteiger partial charge < -0.3 is 5.32 Å². The molecule has 3 aromatic rings. The van der Waals surface area contributed by atoms with Crippen LogP contribution in [-0.2, 0) is 17.8 Å². The number of benzene rings is 2. The molecule has 1 aromatic heterocycles. The number of nitrogens with one attached hydrogen (secondary N) is 1. The zero-order chi connectivity index (χ0) is 18.4. The maximum atomic E-state index is 12.1. The zero-order valence-electron chi connectivity index (χ0n) is 13.8. The van der Waals surface area contributed by atoms with Crippen molar-refractivity contribution < 1.29 is 9.72 Å². The summed E-state index contributed by atoms with van der Waals surface area (Å²) in [5, 5.41) is 13.4. The van der Waals surface area contributed by atoms with Crippen LogP contribution in [0.4, 0.5) is 5.69 Å². The molecule has 1 amide bonds. The first-order chi connectivity index (χ1) is 12.6. The van der Waals surface area contributed by atoms with E-state index in [0.717, 1.165) is 11.3 Å². The van der Waals surface area contributed by atoms with Gasteiger partial charge in [0, 0.05) is 17.7 Å². The van der Waals surface area contributed by atoms with E-state index in [0.29, 0.717) is 11.3 Å². The summed E-state index contributed by atoms with van der Waals surface area (Å²) in [6.07, 6.45) is 1.62. The summed E-state index contributed by atoms with van der Waals surface area (Å²) in [4.78, 5) is 30.7. The van der Waals surface area contributed by atoms with E-state index < -0.39 is 4.92 Å². The van der Waals surface area contributed by atoms with E-state index in [-0.39, 0.29) is 24.6 Å². The van der Waals surface area contributed by atoms with Crippen molar-refractivity contribution in [2.75, 3.05) is 0 Å². The van der Waals surface area contributed by atoms with Gasteiger partial charge in [0.1, 0.15) is 6.33 Å². The Morgan fingerprint density at radius 2 is 1.77 bits per heavy atom. The Bertz CT molecular complexity index is 912. The van der Waals surface area contributed by atoms with Gasteiger partial charge in [-0.3, -0.25) is 14.9 Å². The molecule has 2 aromatic carbocycles. The van der Waals surface area contributed by atoms with Gasteiger partial charge in [-0.15, -0.1) is 0 Å². The average molecular weight is 348 g/mol. The predicted molar refractivity (Wildman–Crippen MR) is 96.1 cm³/mol. The summed E-state index contributed by atoms with van der Waals surface area (Å²) < 4.78 is 0. The first-order valence-electron chi connectivity index (χ1n) is 7.98. The Kier molecular flexibility index (Phi) is 5.28. The number of hydrogen-bond acceptors (Lipinski definition) is 5. The Labute approximate surface area is 149 Å². The maximum Gasteiger partial charge on any atom is 0.269 e. The van der Waals surface area contributed by atoms with Crippen molar-refractivity contribution in [2.24, 2.45) is 0 Å². The van der Waals surface area contributed by atoms with Crippen LogP contribution in [0.2, 0.25) is 0 Å². The molecule has 1 N–H and O–H groups in total. The van der Waals surface area contributed by atoms with Gasteiger partial charge in [0.15, 0.2) is 0 Å². The summed E-state index contributed by atoms with van der Waals surface area (Å²) in [5.74, 6) is -0.182. The van der Waals surface area contributed by atoms with Gasteiger partial charge >= 0.3 is 0 Å². The van der Waals surface area contributed by atoms with Gasteiger partial charge in [-0.05, 0) is 11.6 Å². The van der Waals surface area contributed by atoms with Crippen LogP contribution in [0.15, 0.2) is 67.0 Å². The number of aromatic nitrogens is 2. The monoisotopic (exact) mass is 348 g/mol. The van der Waals surface area contributed by atoms with Crippen molar-refractivity contribution in [2.45, 2.75) is 13.0 Å². The Hall–Kier alpha value is -3.61. The highest BCUT2D eigenvalue weighted by molar-refractivity contribution is 5.78. The fourth-order valence-corrected chi connectivity index (χ4v) is 2.43. The second kappa shape index (κ2) is 7.98. The van der Waals surface area contributed by atoms with Crippen molar-refractivity contribution in [3.05, 3.63) is 88.4 Å². The minimum atomic E-state index is -0.469. The average Bonchev–Trinajstić information content (AvgIpc) is 2.68. The summed E-state index contributed by atoms with van der Waals surface area (Å²) in [7, 11) is 0. The Morgan fingerprint density at radius 3 is 2.46 bits per heavy atom. The number of nitro benzene ring substituents is 1. The van der Waals surface area contributed by atoms with Crippen LogP contribution in [0, 0.1) is 10.1 Å². The number of carbonyl (C=O) groups excluding carboxylic acids is 1. The van der Waals surface area contributed by atoms with E-state index in [9.17, 15) is 14.9 Å². The highest BCUT2D eigenvalue weighted by Gasteiger charge is 2.08. The van der Waals surface area contributed by atoms with Crippen molar-refractivity contribution in [1.82, 2.24) is 15.3 Å². The molecule has 0 radical (unpaired) electrons. The van der Waals surface area contributed by atoms with Crippen LogP contribution in [0.5, 0.6) is 0 Å². The molecule has 7 nitrogen and oxygen atoms in total. The van der Waals surface area contributed by atoms with Crippen molar-refractivity contribution in [3.8, 4) is 11.3 Å². The lowest BCUT2D eigenvalue weighted by Crippen LogP contribution is -2.25. The summed E-state index contributed by atoms with van der Waals surface area (Å²) in [6.45, 7) is 0.286. The van der Waals surface area contributed by atoms with Crippen LogP contribution < -0.4 is 5.32 Å². The molecule has 0 saturated carbocycles. The molecule has 0 aliphatic rings. The van der Waals surface area contributed by atoms with E-state index in [1.807, 2.05) is 36.4 Å². The van der Waals surface area contributed by atoms with E-state index in [4.69, 9.17) is 0 Å². The number of rotatable bonds is 6. The lowest BCUT2D eigenvalue weighted by Gasteiger charge is -2.06. The Morgan fingerprint density at radius 1 is 1.04 bits per heavy atom. The van der Waals surface area contributed by atoms with E-state index in [1.165, 1.54) is 18.5 Å². The molecule has 0 saturated heterocycles. The summed E-state index contributed by atoms with van der Waals surface area (Å²) in [5.41, 5.74) is 3.19. The fraction of sp³-hybridized carbons (Fsp3) is 0.105. The molecular weight excluding hydrogens is 332 g/mol. The number of nitrogens with zero attached hydrogens (tertiary/aromatic N) is 3. The quantitative estimate of drug-likeness (QED) is 0.545. The molecule has 7 heteroatoms. The minimum Gasteiger partial charge on any atom is -0.350 e. The van der Waals surface area contributed by atoms with Crippen LogP contribution in [0.1, 0.15) is 11.3 Å². The highest BCUT2D eigenvalue weighted by Crippen LogP contribution is 2.16. The normalized spacial score (nSPS) is 10.3. The van der Waals surface area contributed by atoms with Gasteiger partial charge in [0.2, 0.25) is 5.91 Å². The highest BCUT2D eigenvalue weighted by atomic mass is 16.6. The predicted octanol–water partition coefficient (Wildman–Crippen LogP) is 2.91. The molecule has 1 heterocycles. The summed E-state index contributed by atoms with van der Waals surface area (Å²) in [6, 6.07) is 17.5. The number of hydrogen-bond donors (Lipinski definition) is 1. The van der Waals surface area contributed by atoms with Crippen molar-refractivity contribution in [1.29, 1.82) is 0 Å². The number of nitro groups is 1. The molecule has 0 atom stereocenters. The first kappa shape index (κ1) is 17.2. The van der Waals surface area contributed by atoms with E-state index >= 15 is 0 Å². The largest absolute Gasteiger partial charge is 0.350 e. The van der Waals surface area contributed by atoms with Crippen LogP contribution in [0.25, 0.3) is 11.3 Å². The number of non-ortho nitro benzene ring substituents is 1. The van der Waals surface area contributed by atoms with Crippen LogP contribution in [-0.4, -0.2) is 20.8 Å². The molecule has 0 bridgehead atoms. The van der Waals surface area contributed by atoms with Crippen molar-refractivity contribution in [3.63, 3.8) is 0 Å². The standard InChI is InChI=1S/C19H16N4O3/c24-19(10-14-6-8-17(9-7-14)23(25)26)20-12-16-11-18(22-13-21-16)15-4-2-1-3-5-15/h1-9,11,13H,10,12H2,(H,20,24). The molecule has 26 heavy (non-hydrogen) atoms. The number of amides is 1. The SMILES string of the molecule is O=C(Cc1ccc([N+](=O)[O-])cc1)NCc1cc(-c2ccccc2)ncn1. The van der Waals surface area contributed by atoms with Crippen LogP contribution >= 0.6 is 0 Å². The van der Waals surface area contributed by atoms with E-state index in [2.05, 4.69) is 15.3 Å². The third-order valence-electron chi connectivity index (χ3n) is 3.77. The molecule has 0 fully saturated rings. The molecule has 0 unspecified atom stereocenters. The third kappa shape index (κ3) is 4.47. The lowest BCUT2D eigenvalue weighted by molar-refractivity contribution is -0.384. The third-order valence-corrected chi connectivity index (χ3v) is 3.77.